The highest BCUT2D eigenvalue weighted by molar-refractivity contribution is 7.10. The maximum absolute atomic E-state index is 11.8. The highest BCUT2D eigenvalue weighted by Crippen LogP contribution is 2.24. The molecule has 1 aliphatic rings. The molecule has 1 aromatic rings. The summed E-state index contributed by atoms with van der Waals surface area (Å²) in [6.45, 7) is 6.96. The number of carbonyl (C=O) groups is 1. The van der Waals surface area contributed by atoms with Gasteiger partial charge in [0.05, 0.1) is 6.04 Å². The number of nitrogens with one attached hydrogen (secondary N) is 1. The minimum atomic E-state index is -0.364. The summed E-state index contributed by atoms with van der Waals surface area (Å²) >= 11 is 1.85. The molecule has 2 rings (SSSR count). The fourth-order valence-corrected chi connectivity index (χ4v) is 3.49. The van der Waals surface area contributed by atoms with Crippen molar-refractivity contribution in [1.82, 2.24) is 10.2 Å². The molecule has 2 heterocycles. The van der Waals surface area contributed by atoms with E-state index >= 15 is 0 Å². The molecule has 1 aliphatic heterocycles. The molecule has 20 heavy (non-hydrogen) atoms. The van der Waals surface area contributed by atoms with Crippen molar-refractivity contribution in [2.24, 2.45) is 5.73 Å². The molecule has 4 nitrogen and oxygen atoms in total. The summed E-state index contributed by atoms with van der Waals surface area (Å²) in [5.41, 5.74) is 7.26. The zero-order chi connectivity index (χ0) is 14.5. The molecule has 1 aromatic heterocycles. The van der Waals surface area contributed by atoms with Crippen molar-refractivity contribution in [3.05, 3.63) is 21.9 Å². The third kappa shape index (κ3) is 3.81. The van der Waals surface area contributed by atoms with Crippen LogP contribution in [0.15, 0.2) is 11.4 Å². The highest BCUT2D eigenvalue weighted by Gasteiger charge is 2.22. The first-order valence-corrected chi connectivity index (χ1v) is 8.32. The van der Waals surface area contributed by atoms with E-state index in [0.29, 0.717) is 12.6 Å². The van der Waals surface area contributed by atoms with Crippen LogP contribution in [0.3, 0.4) is 0 Å². The van der Waals surface area contributed by atoms with E-state index < -0.39 is 0 Å². The topological polar surface area (TPSA) is 58.4 Å². The van der Waals surface area contributed by atoms with Gasteiger partial charge < -0.3 is 11.1 Å². The molecule has 112 valence electrons. The van der Waals surface area contributed by atoms with Gasteiger partial charge in [-0.2, -0.15) is 0 Å². The van der Waals surface area contributed by atoms with E-state index in [0.717, 1.165) is 32.4 Å². The molecular weight excluding hydrogens is 270 g/mol. The molecule has 0 saturated carbocycles. The molecule has 0 radical (unpaired) electrons. The maximum atomic E-state index is 11.8. The second-order valence-corrected chi connectivity index (χ2v) is 6.58. The normalized spacial score (nSPS) is 18.4. The minimum Gasteiger partial charge on any atom is -0.353 e. The Morgan fingerprint density at radius 3 is 3.15 bits per heavy atom. The Bertz CT molecular complexity index is 446. The summed E-state index contributed by atoms with van der Waals surface area (Å²) in [6.07, 6.45) is 2.82. The molecule has 2 unspecified atom stereocenters. The number of nitrogens with two attached hydrogens (primary N) is 1. The highest BCUT2D eigenvalue weighted by atomic mass is 32.1. The van der Waals surface area contributed by atoms with E-state index in [2.05, 4.69) is 28.6 Å². The van der Waals surface area contributed by atoms with Gasteiger partial charge >= 0.3 is 0 Å². The molecule has 0 saturated heterocycles. The van der Waals surface area contributed by atoms with Crippen LogP contribution in [0.2, 0.25) is 0 Å². The average molecular weight is 295 g/mol. The van der Waals surface area contributed by atoms with Crippen LogP contribution in [-0.2, 0) is 17.8 Å². The van der Waals surface area contributed by atoms with E-state index in [9.17, 15) is 4.79 Å². The standard InChI is InChI=1S/C15H25N3OS/c1-3-4-13(16)15(19)17-9-11(2)18-7-5-14-12(10-18)6-8-20-14/h6,8,11,13H,3-5,7,9-10,16H2,1-2H3,(H,17,19). The second kappa shape index (κ2) is 7.20. The van der Waals surface area contributed by atoms with Crippen LogP contribution < -0.4 is 11.1 Å². The largest absolute Gasteiger partial charge is 0.353 e. The van der Waals surface area contributed by atoms with E-state index in [-0.39, 0.29) is 11.9 Å². The first-order valence-electron chi connectivity index (χ1n) is 7.44. The van der Waals surface area contributed by atoms with E-state index in [1.165, 1.54) is 10.4 Å². The Kier molecular flexibility index (Phi) is 5.57. The fraction of sp³-hybridized carbons (Fsp3) is 0.667. The number of amides is 1. The molecule has 0 spiro atoms. The number of carbonyl (C=O) groups excluding carboxylic acids is 1. The molecule has 0 aromatic carbocycles. The zero-order valence-electron chi connectivity index (χ0n) is 12.4. The number of rotatable bonds is 6. The van der Waals surface area contributed by atoms with Crippen molar-refractivity contribution in [3.63, 3.8) is 0 Å². The Balaban J connectivity index is 1.78. The fourth-order valence-electron chi connectivity index (χ4n) is 2.60. The lowest BCUT2D eigenvalue weighted by Gasteiger charge is -2.32. The molecule has 0 aliphatic carbocycles. The van der Waals surface area contributed by atoms with Gasteiger partial charge in [0, 0.05) is 30.6 Å². The molecular formula is C15H25N3OS. The molecule has 1 amide bonds. The lowest BCUT2D eigenvalue weighted by molar-refractivity contribution is -0.122. The minimum absolute atomic E-state index is 0.0214. The zero-order valence-corrected chi connectivity index (χ0v) is 13.2. The first-order chi connectivity index (χ1) is 9.61. The summed E-state index contributed by atoms with van der Waals surface area (Å²) in [5.74, 6) is -0.0214. The number of hydrogen-bond donors (Lipinski definition) is 2. The van der Waals surface area contributed by atoms with Crippen molar-refractivity contribution in [2.75, 3.05) is 13.1 Å². The van der Waals surface area contributed by atoms with Gasteiger partial charge in [0.25, 0.3) is 0 Å². The monoisotopic (exact) mass is 295 g/mol. The van der Waals surface area contributed by atoms with Crippen LogP contribution >= 0.6 is 11.3 Å². The Hall–Kier alpha value is -0.910. The van der Waals surface area contributed by atoms with Crippen molar-refractivity contribution in [1.29, 1.82) is 0 Å². The lowest BCUT2D eigenvalue weighted by Crippen LogP contribution is -2.48. The van der Waals surface area contributed by atoms with Crippen LogP contribution in [0.5, 0.6) is 0 Å². The van der Waals surface area contributed by atoms with E-state index in [4.69, 9.17) is 5.73 Å². The summed E-state index contributed by atoms with van der Waals surface area (Å²) < 4.78 is 0. The predicted octanol–water partition coefficient (Wildman–Crippen LogP) is 1.74. The molecule has 0 bridgehead atoms. The Morgan fingerprint density at radius 1 is 1.60 bits per heavy atom. The molecule has 0 fully saturated rings. The van der Waals surface area contributed by atoms with Crippen molar-refractivity contribution >= 4 is 17.2 Å². The Morgan fingerprint density at radius 2 is 2.40 bits per heavy atom. The number of thiophene rings is 1. The van der Waals surface area contributed by atoms with Gasteiger partial charge in [0.2, 0.25) is 5.91 Å². The summed E-state index contributed by atoms with van der Waals surface area (Å²) in [5, 5.41) is 5.15. The van der Waals surface area contributed by atoms with Gasteiger partial charge in [-0.1, -0.05) is 13.3 Å². The summed E-state index contributed by atoms with van der Waals surface area (Å²) in [7, 11) is 0. The Labute approximate surface area is 125 Å². The lowest BCUT2D eigenvalue weighted by atomic mass is 10.1. The summed E-state index contributed by atoms with van der Waals surface area (Å²) in [4.78, 5) is 15.8. The van der Waals surface area contributed by atoms with Crippen LogP contribution in [0.25, 0.3) is 0 Å². The van der Waals surface area contributed by atoms with Crippen molar-refractivity contribution in [3.8, 4) is 0 Å². The SMILES string of the molecule is CCCC(N)C(=O)NCC(C)N1CCc2sccc2C1. The van der Waals surface area contributed by atoms with E-state index in [1.54, 1.807) is 0 Å². The molecule has 3 N–H and O–H groups in total. The quantitative estimate of drug-likeness (QED) is 0.840. The van der Waals surface area contributed by atoms with Crippen molar-refractivity contribution < 1.29 is 4.79 Å². The number of hydrogen-bond acceptors (Lipinski definition) is 4. The third-order valence-electron chi connectivity index (χ3n) is 3.97. The first kappa shape index (κ1) is 15.5. The smallest absolute Gasteiger partial charge is 0.236 e. The van der Waals surface area contributed by atoms with Gasteiger partial charge in [0.1, 0.15) is 0 Å². The predicted molar refractivity (Wildman–Crippen MR) is 83.8 cm³/mol. The maximum Gasteiger partial charge on any atom is 0.236 e. The van der Waals surface area contributed by atoms with Gasteiger partial charge in [-0.3, -0.25) is 9.69 Å². The van der Waals surface area contributed by atoms with E-state index in [1.807, 2.05) is 18.3 Å². The van der Waals surface area contributed by atoms with Crippen LogP contribution in [-0.4, -0.2) is 36.0 Å². The van der Waals surface area contributed by atoms with Gasteiger partial charge in [0.15, 0.2) is 0 Å². The van der Waals surface area contributed by atoms with Crippen molar-refractivity contribution in [2.45, 2.75) is 51.7 Å². The average Bonchev–Trinajstić information content (AvgIpc) is 2.91. The van der Waals surface area contributed by atoms with Gasteiger partial charge in [-0.25, -0.2) is 0 Å². The second-order valence-electron chi connectivity index (χ2n) is 5.58. The van der Waals surface area contributed by atoms with Crippen LogP contribution in [0.1, 0.15) is 37.1 Å². The van der Waals surface area contributed by atoms with Gasteiger partial charge in [-0.05, 0) is 36.8 Å². The molecule has 5 heteroatoms. The van der Waals surface area contributed by atoms with Crippen LogP contribution in [0, 0.1) is 0 Å². The number of fused-ring (bicyclic) bond motifs is 1. The third-order valence-corrected chi connectivity index (χ3v) is 4.99. The summed E-state index contributed by atoms with van der Waals surface area (Å²) in [6, 6.07) is 2.20. The number of nitrogens with zero attached hydrogens (tertiary/aromatic N) is 1. The van der Waals surface area contributed by atoms with Gasteiger partial charge in [-0.15, -0.1) is 11.3 Å². The molecule has 2 atom stereocenters. The van der Waals surface area contributed by atoms with Crippen LogP contribution in [0.4, 0.5) is 0 Å².